The van der Waals surface area contributed by atoms with Crippen molar-refractivity contribution in [3.8, 4) is 0 Å². The molecule has 1 aromatic carbocycles. The highest BCUT2D eigenvalue weighted by Crippen LogP contribution is 2.24. The number of carbonyl (C=O) groups is 2. The third kappa shape index (κ3) is 6.56. The first kappa shape index (κ1) is 17.4. The molecule has 3 nitrogen and oxygen atoms in total. The molecule has 1 rings (SSSR count). The van der Waals surface area contributed by atoms with E-state index >= 15 is 0 Å². The van der Waals surface area contributed by atoms with Crippen LogP contribution < -0.4 is 0 Å². The molecule has 0 aliphatic heterocycles. The van der Waals surface area contributed by atoms with E-state index in [9.17, 15) is 9.59 Å². The minimum Gasteiger partial charge on any atom is -0.466 e. The van der Waals surface area contributed by atoms with Gasteiger partial charge in [0.15, 0.2) is 5.78 Å². The molecule has 21 heavy (non-hydrogen) atoms. The number of rotatable bonds is 9. The molecule has 0 unspecified atom stereocenters. The summed E-state index contributed by atoms with van der Waals surface area (Å²) in [5.41, 5.74) is 0.769. The van der Waals surface area contributed by atoms with Crippen molar-refractivity contribution < 1.29 is 14.3 Å². The van der Waals surface area contributed by atoms with Crippen LogP contribution in [0.1, 0.15) is 56.8 Å². The van der Waals surface area contributed by atoms with Crippen LogP contribution in [-0.2, 0) is 9.53 Å². The third-order valence-corrected chi connectivity index (χ3v) is 3.81. The summed E-state index contributed by atoms with van der Waals surface area (Å²) >= 11 is 0. The van der Waals surface area contributed by atoms with Crippen molar-refractivity contribution in [1.29, 1.82) is 0 Å². The molecule has 0 aliphatic rings. The number of hydrogen-bond donors (Lipinski definition) is 0. The molecule has 0 saturated heterocycles. The lowest BCUT2D eigenvalue weighted by molar-refractivity contribution is -0.143. The van der Waals surface area contributed by atoms with Crippen LogP contribution in [0.2, 0.25) is 0 Å². The Labute approximate surface area is 127 Å². The van der Waals surface area contributed by atoms with Crippen molar-refractivity contribution in [2.75, 3.05) is 6.61 Å². The molecule has 116 valence electrons. The number of hydrogen-bond acceptors (Lipinski definition) is 3. The molecular weight excluding hydrogens is 264 g/mol. The molecule has 0 radical (unpaired) electrons. The molecule has 0 N–H and O–H groups in total. The molecule has 3 heteroatoms. The van der Waals surface area contributed by atoms with Gasteiger partial charge in [-0.1, -0.05) is 44.2 Å². The summed E-state index contributed by atoms with van der Waals surface area (Å²) in [6, 6.07) is 9.38. The van der Waals surface area contributed by atoms with Gasteiger partial charge in [0.2, 0.25) is 0 Å². The topological polar surface area (TPSA) is 43.4 Å². The van der Waals surface area contributed by atoms with E-state index in [-0.39, 0.29) is 11.8 Å². The molecule has 0 aromatic heterocycles. The van der Waals surface area contributed by atoms with Crippen LogP contribution in [0, 0.1) is 11.8 Å². The van der Waals surface area contributed by atoms with Crippen molar-refractivity contribution in [3.05, 3.63) is 35.9 Å². The number of ether oxygens (including phenoxy) is 1. The van der Waals surface area contributed by atoms with Gasteiger partial charge >= 0.3 is 5.97 Å². The van der Waals surface area contributed by atoms with Gasteiger partial charge in [-0.3, -0.25) is 9.59 Å². The fraction of sp³-hybridized carbons (Fsp3) is 0.556. The van der Waals surface area contributed by atoms with Gasteiger partial charge in [0.1, 0.15) is 0 Å². The van der Waals surface area contributed by atoms with Crippen LogP contribution in [0.4, 0.5) is 0 Å². The first-order valence-corrected chi connectivity index (χ1v) is 7.78. The number of Topliss-reactive ketones (excluding diaryl/α,β-unsaturated/α-hetero) is 1. The predicted molar refractivity (Wildman–Crippen MR) is 84.2 cm³/mol. The van der Waals surface area contributed by atoms with E-state index in [0.717, 1.165) is 18.4 Å². The molecule has 0 aliphatic carbocycles. The zero-order chi connectivity index (χ0) is 15.7. The number of carbonyl (C=O) groups excluding carboxylic acids is 2. The van der Waals surface area contributed by atoms with Crippen LogP contribution in [0.15, 0.2) is 30.3 Å². The van der Waals surface area contributed by atoms with Crippen LogP contribution in [0.5, 0.6) is 0 Å². The molecule has 0 amide bonds. The molecule has 1 atom stereocenters. The molecule has 0 spiro atoms. The van der Waals surface area contributed by atoms with Crippen molar-refractivity contribution in [3.63, 3.8) is 0 Å². The van der Waals surface area contributed by atoms with Crippen molar-refractivity contribution in [2.45, 2.75) is 46.5 Å². The quantitative estimate of drug-likeness (QED) is 0.504. The van der Waals surface area contributed by atoms with E-state index in [1.54, 1.807) is 0 Å². The highest BCUT2D eigenvalue weighted by atomic mass is 16.5. The van der Waals surface area contributed by atoms with Gasteiger partial charge in [-0.25, -0.2) is 0 Å². The van der Waals surface area contributed by atoms with Crippen LogP contribution in [-0.4, -0.2) is 18.4 Å². The Kier molecular flexibility index (Phi) is 7.73. The summed E-state index contributed by atoms with van der Waals surface area (Å²) in [7, 11) is 0. The highest BCUT2D eigenvalue weighted by molar-refractivity contribution is 5.95. The number of benzene rings is 1. The smallest absolute Gasteiger partial charge is 0.305 e. The van der Waals surface area contributed by atoms with E-state index in [1.165, 1.54) is 0 Å². The van der Waals surface area contributed by atoms with E-state index in [0.29, 0.717) is 31.3 Å². The monoisotopic (exact) mass is 290 g/mol. The number of esters is 1. The summed E-state index contributed by atoms with van der Waals surface area (Å²) < 4.78 is 4.96. The number of ketones is 1. The Morgan fingerprint density at radius 1 is 1.05 bits per heavy atom. The lowest BCUT2D eigenvalue weighted by atomic mass is 9.86. The fourth-order valence-electron chi connectivity index (χ4n) is 2.43. The molecule has 1 aromatic rings. The maximum Gasteiger partial charge on any atom is 0.305 e. The Bertz CT molecular complexity index is 437. The van der Waals surface area contributed by atoms with Crippen molar-refractivity contribution in [1.82, 2.24) is 0 Å². The second kappa shape index (κ2) is 9.32. The SMILES string of the molecule is CCOC(=O)CC[C@@H](CCC(=O)c1ccccc1)C(C)C. The molecule has 0 saturated carbocycles. The third-order valence-electron chi connectivity index (χ3n) is 3.81. The second-order valence-electron chi connectivity index (χ2n) is 5.68. The van der Waals surface area contributed by atoms with Gasteiger partial charge in [-0.05, 0) is 31.6 Å². The zero-order valence-electron chi connectivity index (χ0n) is 13.3. The summed E-state index contributed by atoms with van der Waals surface area (Å²) in [5, 5.41) is 0. The highest BCUT2D eigenvalue weighted by Gasteiger charge is 2.17. The van der Waals surface area contributed by atoms with Crippen molar-refractivity contribution >= 4 is 11.8 Å². The van der Waals surface area contributed by atoms with Gasteiger partial charge in [0, 0.05) is 18.4 Å². The average Bonchev–Trinajstić information content (AvgIpc) is 2.47. The lowest BCUT2D eigenvalue weighted by Crippen LogP contribution is -2.14. The van der Waals surface area contributed by atoms with Crippen molar-refractivity contribution in [2.24, 2.45) is 11.8 Å². The Morgan fingerprint density at radius 2 is 1.67 bits per heavy atom. The van der Waals surface area contributed by atoms with Gasteiger partial charge < -0.3 is 4.74 Å². The van der Waals surface area contributed by atoms with Crippen LogP contribution in [0.25, 0.3) is 0 Å². The first-order valence-electron chi connectivity index (χ1n) is 7.78. The Balaban J connectivity index is 2.44. The Hall–Kier alpha value is -1.64. The predicted octanol–water partition coefficient (Wildman–Crippen LogP) is 4.27. The van der Waals surface area contributed by atoms with Gasteiger partial charge in [-0.2, -0.15) is 0 Å². The van der Waals surface area contributed by atoms with Crippen LogP contribution >= 0.6 is 0 Å². The van der Waals surface area contributed by atoms with Gasteiger partial charge in [0.25, 0.3) is 0 Å². The standard InChI is InChI=1S/C18H26O3/c1-4-21-18(20)13-11-15(14(2)3)10-12-17(19)16-8-6-5-7-9-16/h5-9,14-15H,4,10-13H2,1-3H3/t15-/m1/s1. The summed E-state index contributed by atoms with van der Waals surface area (Å²) in [4.78, 5) is 23.6. The van der Waals surface area contributed by atoms with Crippen LogP contribution in [0.3, 0.4) is 0 Å². The summed E-state index contributed by atoms with van der Waals surface area (Å²) in [6.07, 6.45) is 2.59. The molecular formula is C18H26O3. The normalized spacial score (nSPS) is 12.2. The first-order chi connectivity index (χ1) is 10.0. The minimum atomic E-state index is -0.141. The average molecular weight is 290 g/mol. The molecule has 0 heterocycles. The molecule has 0 fully saturated rings. The molecule has 0 bridgehead atoms. The van der Waals surface area contributed by atoms with E-state index in [1.807, 2.05) is 37.3 Å². The minimum absolute atomic E-state index is 0.141. The Morgan fingerprint density at radius 3 is 2.24 bits per heavy atom. The summed E-state index contributed by atoms with van der Waals surface area (Å²) in [5.74, 6) is 0.875. The maximum atomic E-state index is 12.1. The van der Waals surface area contributed by atoms with E-state index in [2.05, 4.69) is 13.8 Å². The zero-order valence-corrected chi connectivity index (χ0v) is 13.3. The largest absolute Gasteiger partial charge is 0.466 e. The van der Waals surface area contributed by atoms with E-state index < -0.39 is 0 Å². The maximum absolute atomic E-state index is 12.1. The summed E-state index contributed by atoms with van der Waals surface area (Å²) in [6.45, 7) is 6.53. The van der Waals surface area contributed by atoms with E-state index in [4.69, 9.17) is 4.74 Å². The van der Waals surface area contributed by atoms with Gasteiger partial charge in [0.05, 0.1) is 6.61 Å². The lowest BCUT2D eigenvalue weighted by Gasteiger charge is -2.20. The van der Waals surface area contributed by atoms with Gasteiger partial charge in [-0.15, -0.1) is 0 Å². The second-order valence-corrected chi connectivity index (χ2v) is 5.68. The fourth-order valence-corrected chi connectivity index (χ4v) is 2.43.